The summed E-state index contributed by atoms with van der Waals surface area (Å²) in [4.78, 5) is 28.9. The Morgan fingerprint density at radius 3 is 2.52 bits per heavy atom. The van der Waals surface area contributed by atoms with Crippen molar-refractivity contribution in [3.8, 4) is 0 Å². The fourth-order valence-electron chi connectivity index (χ4n) is 7.08. The van der Waals surface area contributed by atoms with Crippen molar-refractivity contribution in [3.05, 3.63) is 101 Å². The van der Waals surface area contributed by atoms with E-state index >= 15 is 4.11 Å². The Kier molecular flexibility index (Phi) is 8.53. The maximum atomic E-state index is 16.1. The Morgan fingerprint density at radius 2 is 1.83 bits per heavy atom. The predicted molar refractivity (Wildman–Crippen MR) is 176 cm³/mol. The lowest BCUT2D eigenvalue weighted by atomic mass is 9.82. The number of rotatable bonds is 10. The summed E-state index contributed by atoms with van der Waals surface area (Å²) >= 11 is 0. The number of amides is 2. The van der Waals surface area contributed by atoms with Crippen molar-refractivity contribution >= 4 is 37.3 Å². The number of hydrogen-bond donors (Lipinski definition) is 3. The molecule has 1 fully saturated rings. The number of para-hydroxylation sites is 1. The van der Waals surface area contributed by atoms with Gasteiger partial charge in [0.05, 0.1) is 24.0 Å². The number of aryl methyl sites for hydroxylation is 1. The van der Waals surface area contributed by atoms with Gasteiger partial charge in [-0.05, 0) is 67.5 Å². The molecule has 1 aromatic heterocycles. The van der Waals surface area contributed by atoms with E-state index in [0.29, 0.717) is 42.0 Å². The van der Waals surface area contributed by atoms with Gasteiger partial charge in [0, 0.05) is 59.7 Å². The zero-order chi connectivity index (χ0) is 32.6. The van der Waals surface area contributed by atoms with Crippen LogP contribution in [0.2, 0.25) is 18.6 Å². The first kappa shape index (κ1) is 31.6. The van der Waals surface area contributed by atoms with Gasteiger partial charge in [-0.25, -0.2) is 0 Å². The molecule has 2 aliphatic heterocycles. The van der Waals surface area contributed by atoms with Crippen LogP contribution in [-0.2, 0) is 34.6 Å². The quantitative estimate of drug-likeness (QED) is 0.125. The summed E-state index contributed by atoms with van der Waals surface area (Å²) < 4.78 is 24.6. The summed E-state index contributed by atoms with van der Waals surface area (Å²) in [7, 11) is -3.30. The first-order valence-electron chi connectivity index (χ1n) is 15.5. The first-order valence-corrected chi connectivity index (χ1v) is 18.5. The number of nitrogens with two attached hydrogens (primary N) is 1. The Hall–Kier alpha value is -4.39. The number of aliphatic hydroxyl groups excluding tert-OH is 1. The van der Waals surface area contributed by atoms with Crippen LogP contribution >= 0.6 is 0 Å². The monoisotopic (exact) mass is 642 g/mol. The van der Waals surface area contributed by atoms with Gasteiger partial charge in [-0.3, -0.25) is 14.3 Å². The van der Waals surface area contributed by atoms with E-state index in [4.69, 9.17) is 10.5 Å². The number of halogens is 1. The number of ether oxygens (including phenoxy) is 1. The number of carbonyl (C=O) groups excluding carboxylic acids is 2. The van der Waals surface area contributed by atoms with Crippen LogP contribution in [0.3, 0.4) is 0 Å². The lowest BCUT2D eigenvalue weighted by Gasteiger charge is -2.31. The number of aliphatic hydroxyl groups is 1. The van der Waals surface area contributed by atoms with Gasteiger partial charge >= 0.3 is 0 Å². The summed E-state index contributed by atoms with van der Waals surface area (Å²) in [5.74, 6) is -0.836. The molecule has 1 spiro atoms. The van der Waals surface area contributed by atoms with Crippen molar-refractivity contribution in [1.82, 2.24) is 15.0 Å². The van der Waals surface area contributed by atoms with Gasteiger partial charge in [0.15, 0.2) is 5.60 Å². The molecule has 4 atom stereocenters. The number of nitrogens with one attached hydrogen (secondary N) is 1. The lowest BCUT2D eigenvalue weighted by molar-refractivity contribution is -0.146. The minimum Gasteiger partial charge on any atom is -0.399 e. The molecule has 3 aromatic carbocycles. The number of benzene rings is 3. The molecule has 240 valence electrons. The van der Waals surface area contributed by atoms with E-state index in [1.807, 2.05) is 43.3 Å². The van der Waals surface area contributed by atoms with Crippen LogP contribution in [0.5, 0.6) is 0 Å². The Labute approximate surface area is 268 Å². The number of fused-ring (bicyclic) bond motifs is 2. The number of hydrogen-bond acceptors (Lipinski definition) is 7. The summed E-state index contributed by atoms with van der Waals surface area (Å²) in [6, 6.07) is 21.7. The van der Waals surface area contributed by atoms with E-state index in [1.165, 1.54) is 0 Å². The molecule has 3 heterocycles. The van der Waals surface area contributed by atoms with Crippen LogP contribution in [0.25, 0.3) is 0 Å². The van der Waals surface area contributed by atoms with Gasteiger partial charge < -0.3 is 29.9 Å². The van der Waals surface area contributed by atoms with Crippen molar-refractivity contribution in [3.63, 3.8) is 0 Å². The molecule has 4 aromatic rings. The molecule has 2 amide bonds. The highest BCUT2D eigenvalue weighted by atomic mass is 28.4. The Balaban J connectivity index is 1.23. The fraction of sp³-hybridized carbons (Fsp3) is 0.353. The molecule has 2 aliphatic rings. The number of carbonyl (C=O) groups is 2. The Morgan fingerprint density at radius 1 is 1.11 bits per heavy atom. The molecule has 10 nitrogen and oxygen atoms in total. The molecule has 6 rings (SSSR count). The molecule has 4 N–H and O–H groups in total. The van der Waals surface area contributed by atoms with Crippen molar-refractivity contribution in [2.24, 2.45) is 5.92 Å². The van der Waals surface area contributed by atoms with E-state index in [0.717, 1.165) is 16.8 Å². The van der Waals surface area contributed by atoms with Gasteiger partial charge in [-0.15, -0.1) is 5.10 Å². The van der Waals surface area contributed by atoms with Crippen LogP contribution < -0.4 is 16.0 Å². The standard InChI is InChI=1S/C34H39FN6O4Si/c1-22-31(46(2,3)35)30(16-18-40-21-27(17-19-42)38-39-40)45-34(22)28-6-4-5-7-29(28)41(33(34)44)20-23-8-14-26(15-9-23)37-32(43)24-10-12-25(36)13-11-24/h4-15,21-22,30-31,42H,16-20,36H2,1-3H3,(H,37,43)/t22-,30+,31-,34+/m1/s1. The van der Waals surface area contributed by atoms with E-state index in [-0.39, 0.29) is 25.0 Å². The summed E-state index contributed by atoms with van der Waals surface area (Å²) in [6.07, 6.45) is 2.17. The predicted octanol–water partition coefficient (Wildman–Crippen LogP) is 5.06. The highest BCUT2D eigenvalue weighted by molar-refractivity contribution is 6.72. The van der Waals surface area contributed by atoms with Crippen LogP contribution in [0.4, 0.5) is 21.2 Å². The van der Waals surface area contributed by atoms with Crippen LogP contribution in [-0.4, -0.2) is 53.0 Å². The molecular formula is C34H39FN6O4Si. The fourth-order valence-corrected chi connectivity index (χ4v) is 9.62. The second-order valence-electron chi connectivity index (χ2n) is 12.7. The highest BCUT2D eigenvalue weighted by Crippen LogP contribution is 2.60. The highest BCUT2D eigenvalue weighted by Gasteiger charge is 2.66. The molecule has 0 aliphatic carbocycles. The van der Waals surface area contributed by atoms with E-state index < -0.39 is 31.6 Å². The first-order chi connectivity index (χ1) is 22.0. The SMILES string of the molecule is C[C@@H]1[C@@H]([Si](C)(C)F)[C@H](CCn2cc(CCO)nn2)O[C@@]12C(=O)N(Cc1ccc(NC(=O)c3ccc(N)cc3)cc1)c1ccccc12. The van der Waals surface area contributed by atoms with Crippen molar-refractivity contribution < 1.29 is 23.5 Å². The van der Waals surface area contributed by atoms with Crippen LogP contribution in [0, 0.1) is 5.92 Å². The topological polar surface area (TPSA) is 136 Å². The second kappa shape index (κ2) is 12.4. The lowest BCUT2D eigenvalue weighted by Crippen LogP contribution is -2.45. The van der Waals surface area contributed by atoms with Crippen molar-refractivity contribution in [2.75, 3.05) is 22.6 Å². The molecule has 46 heavy (non-hydrogen) atoms. The summed E-state index contributed by atoms with van der Waals surface area (Å²) in [6.45, 7) is 6.05. The zero-order valence-electron chi connectivity index (χ0n) is 26.2. The van der Waals surface area contributed by atoms with Crippen molar-refractivity contribution in [2.45, 2.75) is 63.2 Å². The second-order valence-corrected chi connectivity index (χ2v) is 16.5. The van der Waals surface area contributed by atoms with Gasteiger partial charge in [0.25, 0.3) is 11.8 Å². The third kappa shape index (κ3) is 5.83. The molecule has 0 bridgehead atoms. The maximum Gasteiger partial charge on any atom is 0.264 e. The average Bonchev–Trinajstić information content (AvgIpc) is 3.67. The van der Waals surface area contributed by atoms with Gasteiger partial charge in [-0.1, -0.05) is 42.5 Å². The van der Waals surface area contributed by atoms with Crippen LogP contribution in [0.15, 0.2) is 79.0 Å². The van der Waals surface area contributed by atoms with E-state index in [2.05, 4.69) is 15.6 Å². The molecule has 0 radical (unpaired) electrons. The van der Waals surface area contributed by atoms with Crippen LogP contribution in [0.1, 0.15) is 40.5 Å². The zero-order valence-corrected chi connectivity index (χ0v) is 27.2. The molecule has 12 heteroatoms. The van der Waals surface area contributed by atoms with Gasteiger partial charge in [-0.2, -0.15) is 0 Å². The molecule has 0 unspecified atom stereocenters. The van der Waals surface area contributed by atoms with Gasteiger partial charge in [0.1, 0.15) is 0 Å². The van der Waals surface area contributed by atoms with E-state index in [1.54, 1.807) is 65.3 Å². The number of aromatic nitrogens is 3. The molecular weight excluding hydrogens is 603 g/mol. The summed E-state index contributed by atoms with van der Waals surface area (Å²) in [5, 5.41) is 20.4. The minimum atomic E-state index is -3.30. The third-order valence-corrected chi connectivity index (χ3v) is 11.6. The smallest absolute Gasteiger partial charge is 0.264 e. The largest absolute Gasteiger partial charge is 0.399 e. The van der Waals surface area contributed by atoms with E-state index in [9.17, 15) is 14.7 Å². The van der Waals surface area contributed by atoms with Crippen molar-refractivity contribution in [1.29, 1.82) is 0 Å². The van der Waals surface area contributed by atoms with Gasteiger partial charge in [0.2, 0.25) is 8.41 Å². The average molecular weight is 643 g/mol. The number of anilines is 3. The third-order valence-electron chi connectivity index (χ3n) is 9.19. The number of nitrogens with zero attached hydrogens (tertiary/aromatic N) is 4. The number of nitrogen functional groups attached to an aromatic ring is 1. The molecule has 0 saturated carbocycles. The summed E-state index contributed by atoms with van der Waals surface area (Å²) in [5.41, 5.74) is 8.78. The maximum absolute atomic E-state index is 16.1. The minimum absolute atomic E-state index is 0.0164. The Bertz CT molecular complexity index is 1720. The molecule has 1 saturated heterocycles. The normalized spacial score (nSPS) is 22.4.